The third kappa shape index (κ3) is 3.41. The Morgan fingerprint density at radius 1 is 1.14 bits per heavy atom. The van der Waals surface area contributed by atoms with E-state index in [1.165, 1.54) is 22.5 Å². The molecule has 0 aliphatic rings. The Balaban J connectivity index is 1.64. The molecule has 4 aromatic rings. The topological polar surface area (TPSA) is 86.9 Å². The van der Waals surface area contributed by atoms with Gasteiger partial charge in [0.25, 0.3) is 0 Å². The van der Waals surface area contributed by atoms with Crippen LogP contribution in [0.3, 0.4) is 0 Å². The van der Waals surface area contributed by atoms with Crippen LogP contribution in [0.5, 0.6) is 0 Å². The van der Waals surface area contributed by atoms with Crippen LogP contribution in [0.1, 0.15) is 23.6 Å². The van der Waals surface area contributed by atoms with Crippen LogP contribution in [-0.4, -0.2) is 14.9 Å². The normalized spacial score (nSPS) is 11.2. The van der Waals surface area contributed by atoms with Gasteiger partial charge >= 0.3 is 5.63 Å². The smallest absolute Gasteiger partial charge is 0.336 e. The Morgan fingerprint density at radius 2 is 1.96 bits per heavy atom. The summed E-state index contributed by atoms with van der Waals surface area (Å²) in [5.74, 6) is 7.39. The zero-order chi connectivity index (χ0) is 19.7. The van der Waals surface area contributed by atoms with Crippen molar-refractivity contribution in [2.75, 3.05) is 5.84 Å². The summed E-state index contributed by atoms with van der Waals surface area (Å²) in [7, 11) is 0. The highest BCUT2D eigenvalue weighted by molar-refractivity contribution is 7.98. The summed E-state index contributed by atoms with van der Waals surface area (Å²) in [6.45, 7) is 4.08. The fourth-order valence-corrected chi connectivity index (χ4v) is 3.99. The maximum atomic E-state index is 12.0. The van der Waals surface area contributed by atoms with E-state index in [1.54, 1.807) is 0 Å². The number of aromatic nitrogens is 3. The molecule has 0 aliphatic carbocycles. The minimum atomic E-state index is -0.355. The van der Waals surface area contributed by atoms with Crippen LogP contribution in [0.15, 0.2) is 62.9 Å². The van der Waals surface area contributed by atoms with E-state index < -0.39 is 0 Å². The predicted molar refractivity (Wildman–Crippen MR) is 112 cm³/mol. The molecule has 2 aromatic heterocycles. The lowest BCUT2D eigenvalue weighted by Gasteiger charge is -2.07. The first kappa shape index (κ1) is 18.3. The largest absolute Gasteiger partial charge is 0.423 e. The number of aryl methyl sites for hydroxylation is 2. The summed E-state index contributed by atoms with van der Waals surface area (Å²) in [4.78, 5) is 12.0. The van der Waals surface area contributed by atoms with Gasteiger partial charge in [-0.3, -0.25) is 0 Å². The van der Waals surface area contributed by atoms with Crippen LogP contribution in [0, 0.1) is 6.92 Å². The second-order valence-electron chi connectivity index (χ2n) is 6.55. The molecular weight excluding hydrogens is 372 g/mol. The summed E-state index contributed by atoms with van der Waals surface area (Å²) in [6.07, 6.45) is 0.886. The molecule has 0 fully saturated rings. The average Bonchev–Trinajstić information content (AvgIpc) is 3.06. The second-order valence-corrected chi connectivity index (χ2v) is 7.50. The molecule has 28 heavy (non-hydrogen) atoms. The van der Waals surface area contributed by atoms with E-state index in [1.807, 2.05) is 43.3 Å². The molecular formula is C21H20N4O2S. The van der Waals surface area contributed by atoms with Crippen molar-refractivity contribution in [3.63, 3.8) is 0 Å². The number of nitrogens with two attached hydrogens (primary N) is 1. The summed E-state index contributed by atoms with van der Waals surface area (Å²) in [5.41, 5.74) is 4.30. The molecule has 4 rings (SSSR count). The minimum Gasteiger partial charge on any atom is -0.423 e. The monoisotopic (exact) mass is 392 g/mol. The lowest BCUT2D eigenvalue weighted by molar-refractivity contribution is 0.559. The number of rotatable bonds is 5. The van der Waals surface area contributed by atoms with Crippen LogP contribution in [0.2, 0.25) is 0 Å². The van der Waals surface area contributed by atoms with Gasteiger partial charge in [0, 0.05) is 22.8 Å². The minimum absolute atomic E-state index is 0.355. The molecule has 0 spiro atoms. The molecule has 7 heteroatoms. The number of benzene rings is 2. The first-order valence-corrected chi connectivity index (χ1v) is 10.0. The maximum absolute atomic E-state index is 12.0. The quantitative estimate of drug-likeness (QED) is 0.315. The Bertz CT molecular complexity index is 1210. The van der Waals surface area contributed by atoms with Gasteiger partial charge in [-0.25, -0.2) is 9.47 Å². The Morgan fingerprint density at radius 3 is 2.75 bits per heavy atom. The SMILES string of the molecule is CCc1ccc2c(CSc3nnc(-c4ccccc4C)n3N)cc(=O)oc2c1. The number of thioether (sulfide) groups is 1. The van der Waals surface area contributed by atoms with E-state index in [4.69, 9.17) is 10.3 Å². The summed E-state index contributed by atoms with van der Waals surface area (Å²) < 4.78 is 6.87. The molecule has 0 bridgehead atoms. The van der Waals surface area contributed by atoms with E-state index in [2.05, 4.69) is 23.2 Å². The molecule has 0 saturated carbocycles. The number of nitrogen functional groups attached to an aromatic ring is 1. The molecule has 6 nitrogen and oxygen atoms in total. The van der Waals surface area contributed by atoms with Gasteiger partial charge in [0.2, 0.25) is 5.16 Å². The van der Waals surface area contributed by atoms with E-state index >= 15 is 0 Å². The van der Waals surface area contributed by atoms with Gasteiger partial charge in [-0.05, 0) is 36.1 Å². The van der Waals surface area contributed by atoms with Crippen LogP contribution < -0.4 is 11.5 Å². The van der Waals surface area contributed by atoms with Gasteiger partial charge < -0.3 is 10.3 Å². The highest BCUT2D eigenvalue weighted by atomic mass is 32.2. The van der Waals surface area contributed by atoms with Crippen molar-refractivity contribution >= 4 is 22.7 Å². The highest BCUT2D eigenvalue weighted by Gasteiger charge is 2.15. The fourth-order valence-electron chi connectivity index (χ4n) is 3.14. The average molecular weight is 392 g/mol. The zero-order valence-electron chi connectivity index (χ0n) is 15.7. The molecule has 0 radical (unpaired) electrons. The third-order valence-electron chi connectivity index (χ3n) is 4.71. The molecule has 2 heterocycles. The molecule has 2 N–H and O–H groups in total. The van der Waals surface area contributed by atoms with Crippen molar-refractivity contribution in [3.05, 3.63) is 75.6 Å². The molecule has 0 unspecified atom stereocenters. The molecule has 0 saturated heterocycles. The van der Waals surface area contributed by atoms with Gasteiger partial charge in [0.1, 0.15) is 5.58 Å². The summed E-state index contributed by atoms with van der Waals surface area (Å²) >= 11 is 1.44. The molecule has 0 aliphatic heterocycles. The number of nitrogens with zero attached hydrogens (tertiary/aromatic N) is 3. The molecule has 0 atom stereocenters. The first-order chi connectivity index (χ1) is 13.6. The third-order valence-corrected chi connectivity index (χ3v) is 5.70. The van der Waals surface area contributed by atoms with E-state index in [9.17, 15) is 4.79 Å². The van der Waals surface area contributed by atoms with E-state index in [0.717, 1.165) is 34.1 Å². The van der Waals surface area contributed by atoms with Gasteiger partial charge in [0.05, 0.1) is 0 Å². The van der Waals surface area contributed by atoms with Gasteiger partial charge in [0.15, 0.2) is 5.82 Å². The van der Waals surface area contributed by atoms with Crippen LogP contribution in [-0.2, 0) is 12.2 Å². The van der Waals surface area contributed by atoms with Crippen molar-refractivity contribution in [1.82, 2.24) is 14.9 Å². The number of hydrogen-bond acceptors (Lipinski definition) is 6. The molecule has 142 valence electrons. The number of hydrogen-bond donors (Lipinski definition) is 1. The van der Waals surface area contributed by atoms with Crippen molar-refractivity contribution in [1.29, 1.82) is 0 Å². The van der Waals surface area contributed by atoms with Crippen LogP contribution >= 0.6 is 11.8 Å². The fraction of sp³-hybridized carbons (Fsp3) is 0.190. The maximum Gasteiger partial charge on any atom is 0.336 e. The Hall–Kier alpha value is -3.06. The van der Waals surface area contributed by atoms with Crippen LogP contribution in [0.25, 0.3) is 22.4 Å². The van der Waals surface area contributed by atoms with E-state index in [0.29, 0.717) is 22.3 Å². The van der Waals surface area contributed by atoms with Gasteiger partial charge in [-0.1, -0.05) is 55.1 Å². The number of fused-ring (bicyclic) bond motifs is 1. The summed E-state index contributed by atoms with van der Waals surface area (Å²) in [5, 5.41) is 9.99. The first-order valence-electron chi connectivity index (χ1n) is 9.01. The molecule has 2 aromatic carbocycles. The van der Waals surface area contributed by atoms with Gasteiger partial charge in [-0.15, -0.1) is 10.2 Å². The lowest BCUT2D eigenvalue weighted by atomic mass is 10.1. The lowest BCUT2D eigenvalue weighted by Crippen LogP contribution is -2.12. The summed E-state index contributed by atoms with van der Waals surface area (Å²) in [6, 6.07) is 15.4. The standard InChI is InChI=1S/C21H20N4O2S/c1-3-14-8-9-17-15(11-19(26)27-18(17)10-14)12-28-21-24-23-20(25(21)22)16-7-5-4-6-13(16)2/h4-11H,3,12,22H2,1-2H3. The van der Waals surface area contributed by atoms with Crippen molar-refractivity contribution in [2.24, 2.45) is 0 Å². The van der Waals surface area contributed by atoms with Crippen molar-refractivity contribution in [3.8, 4) is 11.4 Å². The zero-order valence-corrected chi connectivity index (χ0v) is 16.5. The van der Waals surface area contributed by atoms with Crippen molar-refractivity contribution < 1.29 is 4.42 Å². The Labute approximate surface area is 166 Å². The second kappa shape index (κ2) is 7.52. The van der Waals surface area contributed by atoms with Gasteiger partial charge in [-0.2, -0.15) is 0 Å². The Kier molecular flexibility index (Phi) is 4.92. The van der Waals surface area contributed by atoms with E-state index in [-0.39, 0.29) is 5.63 Å². The van der Waals surface area contributed by atoms with Crippen LogP contribution in [0.4, 0.5) is 0 Å². The highest BCUT2D eigenvalue weighted by Crippen LogP contribution is 2.28. The molecule has 0 amide bonds. The predicted octanol–water partition coefficient (Wildman–Crippen LogP) is 3.93. The van der Waals surface area contributed by atoms with Crippen molar-refractivity contribution in [2.45, 2.75) is 31.2 Å².